The first-order valence-electron chi connectivity index (χ1n) is 7.10. The van der Waals surface area contributed by atoms with E-state index in [4.69, 9.17) is 9.47 Å². The van der Waals surface area contributed by atoms with Crippen molar-refractivity contribution in [2.24, 2.45) is 0 Å². The molecule has 1 aromatic carbocycles. The summed E-state index contributed by atoms with van der Waals surface area (Å²) in [6.45, 7) is 5.07. The second-order valence-corrected chi connectivity index (χ2v) is 5.22. The average Bonchev–Trinajstić information content (AvgIpc) is 2.69. The SMILES string of the molecule is C[C@H]1OCCN[C@@H]1C(=O)N1CCOc2ccccc2C1. The van der Waals surface area contributed by atoms with E-state index in [1.165, 1.54) is 0 Å². The van der Waals surface area contributed by atoms with Crippen molar-refractivity contribution in [1.29, 1.82) is 0 Å². The zero-order valence-electron chi connectivity index (χ0n) is 11.7. The Hall–Kier alpha value is -1.59. The van der Waals surface area contributed by atoms with Gasteiger partial charge < -0.3 is 19.7 Å². The first-order chi connectivity index (χ1) is 9.75. The van der Waals surface area contributed by atoms with Crippen LogP contribution in [0.5, 0.6) is 5.75 Å². The standard InChI is InChI=1S/C15H20N2O3/c1-11-14(16-6-8-19-11)15(18)17-7-9-20-13-5-3-2-4-12(13)10-17/h2-5,11,14,16H,6-10H2,1H3/t11-,14+/m1/s1. The molecule has 5 heteroatoms. The maximum absolute atomic E-state index is 12.7. The van der Waals surface area contributed by atoms with Gasteiger partial charge >= 0.3 is 0 Å². The van der Waals surface area contributed by atoms with Crippen LogP contribution in [0.4, 0.5) is 0 Å². The molecule has 2 atom stereocenters. The van der Waals surface area contributed by atoms with Crippen LogP contribution in [0, 0.1) is 0 Å². The Bertz CT molecular complexity index is 492. The largest absolute Gasteiger partial charge is 0.491 e. The molecule has 1 N–H and O–H groups in total. The number of ether oxygens (including phenoxy) is 2. The van der Waals surface area contributed by atoms with Crippen LogP contribution in [-0.2, 0) is 16.1 Å². The van der Waals surface area contributed by atoms with Crippen LogP contribution in [0.3, 0.4) is 0 Å². The molecule has 1 saturated heterocycles. The first-order valence-corrected chi connectivity index (χ1v) is 7.10. The number of nitrogens with zero attached hydrogens (tertiary/aromatic N) is 1. The zero-order chi connectivity index (χ0) is 13.9. The molecule has 2 heterocycles. The van der Waals surface area contributed by atoms with Crippen molar-refractivity contribution in [3.63, 3.8) is 0 Å². The Balaban J connectivity index is 1.75. The number of carbonyl (C=O) groups is 1. The van der Waals surface area contributed by atoms with Gasteiger partial charge in [0, 0.05) is 18.7 Å². The van der Waals surface area contributed by atoms with Gasteiger partial charge in [-0.3, -0.25) is 4.79 Å². The summed E-state index contributed by atoms with van der Waals surface area (Å²) in [6.07, 6.45) is -0.0873. The molecule has 2 aliphatic rings. The monoisotopic (exact) mass is 276 g/mol. The van der Waals surface area contributed by atoms with E-state index in [1.807, 2.05) is 36.1 Å². The van der Waals surface area contributed by atoms with Crippen LogP contribution in [0.15, 0.2) is 24.3 Å². The molecular weight excluding hydrogens is 256 g/mol. The lowest BCUT2D eigenvalue weighted by atomic mass is 10.1. The van der Waals surface area contributed by atoms with Gasteiger partial charge in [0.05, 0.1) is 19.3 Å². The fourth-order valence-corrected chi connectivity index (χ4v) is 2.72. The second kappa shape index (κ2) is 5.81. The first kappa shape index (κ1) is 13.4. The summed E-state index contributed by atoms with van der Waals surface area (Å²) < 4.78 is 11.3. The van der Waals surface area contributed by atoms with Crippen LogP contribution < -0.4 is 10.1 Å². The molecule has 108 valence electrons. The molecule has 5 nitrogen and oxygen atoms in total. The smallest absolute Gasteiger partial charge is 0.242 e. The molecule has 1 fully saturated rings. The molecule has 1 amide bonds. The third-order valence-corrected chi connectivity index (χ3v) is 3.85. The number of nitrogens with one attached hydrogen (secondary N) is 1. The van der Waals surface area contributed by atoms with Gasteiger partial charge in [-0.05, 0) is 13.0 Å². The van der Waals surface area contributed by atoms with Gasteiger partial charge in [-0.25, -0.2) is 0 Å². The summed E-state index contributed by atoms with van der Waals surface area (Å²) >= 11 is 0. The van der Waals surface area contributed by atoms with E-state index in [1.54, 1.807) is 0 Å². The molecular formula is C15H20N2O3. The fraction of sp³-hybridized carbons (Fsp3) is 0.533. The van der Waals surface area contributed by atoms with Crippen molar-refractivity contribution in [3.8, 4) is 5.75 Å². The highest BCUT2D eigenvalue weighted by molar-refractivity contribution is 5.82. The van der Waals surface area contributed by atoms with Crippen molar-refractivity contribution >= 4 is 5.91 Å². The molecule has 1 aromatic rings. The minimum absolute atomic E-state index is 0.0873. The number of morpholine rings is 1. The predicted molar refractivity (Wildman–Crippen MR) is 74.6 cm³/mol. The molecule has 0 bridgehead atoms. The molecule has 20 heavy (non-hydrogen) atoms. The van der Waals surface area contributed by atoms with E-state index in [2.05, 4.69) is 5.32 Å². The van der Waals surface area contributed by atoms with Crippen molar-refractivity contribution in [2.45, 2.75) is 25.6 Å². The zero-order valence-corrected chi connectivity index (χ0v) is 11.7. The van der Waals surface area contributed by atoms with Crippen LogP contribution in [-0.4, -0.2) is 49.3 Å². The number of benzene rings is 1. The van der Waals surface area contributed by atoms with Crippen LogP contribution in [0.25, 0.3) is 0 Å². The van der Waals surface area contributed by atoms with E-state index < -0.39 is 0 Å². The van der Waals surface area contributed by atoms with Gasteiger partial charge in [0.15, 0.2) is 0 Å². The van der Waals surface area contributed by atoms with Crippen LogP contribution in [0.2, 0.25) is 0 Å². The lowest BCUT2D eigenvalue weighted by molar-refractivity contribution is -0.140. The summed E-state index contributed by atoms with van der Waals surface area (Å²) in [5, 5.41) is 3.25. The van der Waals surface area contributed by atoms with Gasteiger partial charge in [-0.15, -0.1) is 0 Å². The molecule has 0 unspecified atom stereocenters. The lowest BCUT2D eigenvalue weighted by Crippen LogP contribution is -2.56. The van der Waals surface area contributed by atoms with Crippen molar-refractivity contribution in [2.75, 3.05) is 26.3 Å². The topological polar surface area (TPSA) is 50.8 Å². The Morgan fingerprint density at radius 1 is 1.35 bits per heavy atom. The number of para-hydroxylation sites is 1. The summed E-state index contributed by atoms with van der Waals surface area (Å²) in [7, 11) is 0. The maximum Gasteiger partial charge on any atom is 0.242 e. The number of hydrogen-bond donors (Lipinski definition) is 1. The summed E-state index contributed by atoms with van der Waals surface area (Å²) in [5.74, 6) is 0.973. The molecule has 0 aliphatic carbocycles. The summed E-state index contributed by atoms with van der Waals surface area (Å²) in [4.78, 5) is 14.5. The van der Waals surface area contributed by atoms with E-state index in [-0.39, 0.29) is 18.1 Å². The van der Waals surface area contributed by atoms with E-state index in [0.29, 0.717) is 26.3 Å². The number of amides is 1. The lowest BCUT2D eigenvalue weighted by Gasteiger charge is -2.33. The predicted octanol–water partition coefficient (Wildman–Crippen LogP) is 0.784. The summed E-state index contributed by atoms with van der Waals surface area (Å²) in [6, 6.07) is 7.63. The highest BCUT2D eigenvalue weighted by atomic mass is 16.5. The Labute approximate surface area is 118 Å². The Kier molecular flexibility index (Phi) is 3.89. The Morgan fingerprint density at radius 2 is 2.20 bits per heavy atom. The molecule has 0 radical (unpaired) electrons. The fourth-order valence-electron chi connectivity index (χ4n) is 2.72. The molecule has 0 spiro atoms. The van der Waals surface area contributed by atoms with E-state index in [0.717, 1.165) is 17.9 Å². The second-order valence-electron chi connectivity index (χ2n) is 5.22. The molecule has 0 aromatic heterocycles. The maximum atomic E-state index is 12.7. The van der Waals surface area contributed by atoms with Crippen molar-refractivity contribution in [1.82, 2.24) is 10.2 Å². The number of fused-ring (bicyclic) bond motifs is 1. The van der Waals surface area contributed by atoms with E-state index >= 15 is 0 Å². The van der Waals surface area contributed by atoms with E-state index in [9.17, 15) is 4.79 Å². The van der Waals surface area contributed by atoms with Crippen molar-refractivity contribution < 1.29 is 14.3 Å². The van der Waals surface area contributed by atoms with Crippen molar-refractivity contribution in [3.05, 3.63) is 29.8 Å². The minimum Gasteiger partial charge on any atom is -0.491 e. The minimum atomic E-state index is -0.256. The normalized spacial score (nSPS) is 26.4. The number of carbonyl (C=O) groups excluding carboxylic acids is 1. The summed E-state index contributed by atoms with van der Waals surface area (Å²) in [5.41, 5.74) is 1.06. The quantitative estimate of drug-likeness (QED) is 0.824. The van der Waals surface area contributed by atoms with Gasteiger partial charge in [0.2, 0.25) is 5.91 Å². The van der Waals surface area contributed by atoms with Crippen LogP contribution >= 0.6 is 0 Å². The third kappa shape index (κ3) is 2.64. The molecule has 3 rings (SSSR count). The average molecular weight is 276 g/mol. The number of rotatable bonds is 1. The van der Waals surface area contributed by atoms with Crippen LogP contribution in [0.1, 0.15) is 12.5 Å². The third-order valence-electron chi connectivity index (χ3n) is 3.85. The van der Waals surface area contributed by atoms with Gasteiger partial charge in [-0.1, -0.05) is 18.2 Å². The highest BCUT2D eigenvalue weighted by Gasteiger charge is 2.32. The van der Waals surface area contributed by atoms with Gasteiger partial charge in [-0.2, -0.15) is 0 Å². The number of hydrogen-bond acceptors (Lipinski definition) is 4. The van der Waals surface area contributed by atoms with Gasteiger partial charge in [0.1, 0.15) is 18.4 Å². The molecule has 2 aliphatic heterocycles. The molecule has 0 saturated carbocycles. The Morgan fingerprint density at radius 3 is 3.05 bits per heavy atom. The van der Waals surface area contributed by atoms with Gasteiger partial charge in [0.25, 0.3) is 0 Å². The highest BCUT2D eigenvalue weighted by Crippen LogP contribution is 2.23.